The van der Waals surface area contributed by atoms with Gasteiger partial charge in [0.25, 0.3) is 0 Å². The summed E-state index contributed by atoms with van der Waals surface area (Å²) >= 11 is 0. The van der Waals surface area contributed by atoms with E-state index in [0.29, 0.717) is 0 Å². The summed E-state index contributed by atoms with van der Waals surface area (Å²) in [6.07, 6.45) is 10.9. The van der Waals surface area contributed by atoms with Crippen LogP contribution in [0.4, 0.5) is 0 Å². The minimum absolute atomic E-state index is 0.921. The van der Waals surface area contributed by atoms with E-state index in [0.717, 1.165) is 11.8 Å². The van der Waals surface area contributed by atoms with E-state index in [1.807, 2.05) is 0 Å². The summed E-state index contributed by atoms with van der Waals surface area (Å²) in [5.41, 5.74) is 0. The molecule has 6 nitrogen and oxygen atoms in total. The zero-order chi connectivity index (χ0) is 21.9. The molecular formula is C20H48N2O4S. The average molecular weight is 413 g/mol. The molecule has 0 rings (SSSR count). The summed E-state index contributed by atoms with van der Waals surface area (Å²) < 4.78 is 31.6. The Bertz CT molecular complexity index is 357. The smallest absolute Gasteiger partial charge is 0.309 e. The Morgan fingerprint density at radius 1 is 0.704 bits per heavy atom. The molecule has 0 aromatic heterocycles. The Morgan fingerprint density at radius 3 is 1.11 bits per heavy atom. The predicted octanol–water partition coefficient (Wildman–Crippen LogP) is 4.88. The Balaban J connectivity index is -0.000000344. The molecule has 2 atom stereocenters. The van der Waals surface area contributed by atoms with Crippen molar-refractivity contribution in [2.75, 3.05) is 41.3 Å². The van der Waals surface area contributed by atoms with E-state index in [1.54, 1.807) is 0 Å². The summed E-state index contributed by atoms with van der Waals surface area (Å²) in [6.45, 7) is 11.6. The van der Waals surface area contributed by atoms with E-state index in [9.17, 15) is 0 Å². The van der Waals surface area contributed by atoms with E-state index in [2.05, 4.69) is 65.7 Å². The second-order valence-corrected chi connectivity index (χ2v) is 8.70. The molecular weight excluding hydrogens is 364 g/mol. The van der Waals surface area contributed by atoms with Crippen LogP contribution in [-0.2, 0) is 10.4 Å². The Morgan fingerprint density at radius 2 is 0.963 bits per heavy atom. The standard InChI is InChI=1S/2C10H23N.H2O4S/c2*1-5-7-8-10(6-2)9-11(3)4;1-5(2,3)4/h2*10H,5-9H2,1-4H3;(H2,1,2,3,4). The van der Waals surface area contributed by atoms with Crippen LogP contribution in [0.25, 0.3) is 0 Å². The maximum atomic E-state index is 8.74. The largest absolute Gasteiger partial charge is 0.394 e. The highest BCUT2D eigenvalue weighted by Gasteiger charge is 2.06. The van der Waals surface area contributed by atoms with E-state index in [1.165, 1.54) is 64.5 Å². The van der Waals surface area contributed by atoms with Gasteiger partial charge in [0.2, 0.25) is 0 Å². The molecule has 0 aliphatic rings. The number of nitrogens with zero attached hydrogens (tertiary/aromatic N) is 2. The molecule has 0 heterocycles. The first-order valence-electron chi connectivity index (χ1n) is 10.4. The van der Waals surface area contributed by atoms with Gasteiger partial charge in [-0.2, -0.15) is 8.42 Å². The van der Waals surface area contributed by atoms with E-state index < -0.39 is 10.4 Å². The van der Waals surface area contributed by atoms with E-state index in [4.69, 9.17) is 17.5 Å². The maximum absolute atomic E-state index is 8.74. The highest BCUT2D eigenvalue weighted by molar-refractivity contribution is 7.79. The van der Waals surface area contributed by atoms with Crippen molar-refractivity contribution in [3.05, 3.63) is 0 Å². The van der Waals surface area contributed by atoms with Crippen molar-refractivity contribution in [2.24, 2.45) is 11.8 Å². The third kappa shape index (κ3) is 37.3. The normalized spacial score (nSPS) is 13.5. The van der Waals surface area contributed by atoms with Crippen LogP contribution in [0.1, 0.15) is 79.1 Å². The van der Waals surface area contributed by atoms with Gasteiger partial charge >= 0.3 is 10.4 Å². The first-order chi connectivity index (χ1) is 12.4. The molecule has 2 unspecified atom stereocenters. The van der Waals surface area contributed by atoms with Crippen LogP contribution in [-0.4, -0.2) is 68.6 Å². The maximum Gasteiger partial charge on any atom is 0.394 e. The van der Waals surface area contributed by atoms with Crippen LogP contribution in [0.15, 0.2) is 0 Å². The Kier molecular flexibility index (Phi) is 23.9. The van der Waals surface area contributed by atoms with Crippen molar-refractivity contribution in [3.63, 3.8) is 0 Å². The first-order valence-corrected chi connectivity index (χ1v) is 11.8. The fourth-order valence-corrected chi connectivity index (χ4v) is 2.87. The zero-order valence-electron chi connectivity index (χ0n) is 19.2. The number of hydrogen-bond donors (Lipinski definition) is 2. The molecule has 0 saturated carbocycles. The van der Waals surface area contributed by atoms with E-state index >= 15 is 0 Å². The minimum atomic E-state index is -4.67. The molecule has 0 radical (unpaired) electrons. The molecule has 0 aliphatic carbocycles. The second kappa shape index (κ2) is 20.5. The summed E-state index contributed by atoms with van der Waals surface area (Å²) in [4.78, 5) is 4.59. The van der Waals surface area contributed by atoms with Gasteiger partial charge in [-0.1, -0.05) is 66.2 Å². The Labute approximate surface area is 170 Å². The first kappa shape index (κ1) is 31.5. The van der Waals surface area contributed by atoms with Gasteiger partial charge in [0.05, 0.1) is 0 Å². The van der Waals surface area contributed by atoms with Gasteiger partial charge in [0, 0.05) is 13.1 Å². The van der Waals surface area contributed by atoms with Crippen LogP contribution in [0.2, 0.25) is 0 Å². The van der Waals surface area contributed by atoms with Crippen molar-refractivity contribution in [1.29, 1.82) is 0 Å². The van der Waals surface area contributed by atoms with E-state index in [-0.39, 0.29) is 0 Å². The van der Waals surface area contributed by atoms with Crippen molar-refractivity contribution < 1.29 is 17.5 Å². The third-order valence-electron chi connectivity index (χ3n) is 4.33. The van der Waals surface area contributed by atoms with Gasteiger partial charge in [-0.3, -0.25) is 9.11 Å². The van der Waals surface area contributed by atoms with Crippen LogP contribution in [0.5, 0.6) is 0 Å². The van der Waals surface area contributed by atoms with Crippen molar-refractivity contribution >= 4 is 10.4 Å². The molecule has 0 saturated heterocycles. The lowest BCUT2D eigenvalue weighted by molar-refractivity contribution is 0.301. The summed E-state index contributed by atoms with van der Waals surface area (Å²) in [5, 5.41) is 0. The monoisotopic (exact) mass is 412 g/mol. The average Bonchev–Trinajstić information content (AvgIpc) is 2.53. The Hall–Kier alpha value is -0.210. The fourth-order valence-electron chi connectivity index (χ4n) is 2.87. The third-order valence-corrected chi connectivity index (χ3v) is 4.33. The lowest BCUT2D eigenvalue weighted by Crippen LogP contribution is -2.21. The summed E-state index contributed by atoms with van der Waals surface area (Å²) in [5.74, 6) is 1.84. The second-order valence-electron chi connectivity index (χ2n) is 7.81. The number of unbranched alkanes of at least 4 members (excludes halogenated alkanes) is 2. The van der Waals surface area contributed by atoms with Gasteiger partial charge in [0.15, 0.2) is 0 Å². The quantitative estimate of drug-likeness (QED) is 0.445. The highest BCUT2D eigenvalue weighted by Crippen LogP contribution is 2.13. The van der Waals surface area contributed by atoms with Crippen LogP contribution >= 0.6 is 0 Å². The molecule has 0 aromatic rings. The number of rotatable bonds is 12. The van der Waals surface area contributed by atoms with Crippen molar-refractivity contribution in [1.82, 2.24) is 9.80 Å². The fraction of sp³-hybridized carbons (Fsp3) is 1.00. The lowest BCUT2D eigenvalue weighted by Gasteiger charge is -2.18. The van der Waals surface area contributed by atoms with Crippen LogP contribution in [0, 0.1) is 11.8 Å². The number of hydrogen-bond acceptors (Lipinski definition) is 4. The van der Waals surface area contributed by atoms with Gasteiger partial charge in [0.1, 0.15) is 0 Å². The van der Waals surface area contributed by atoms with Gasteiger partial charge < -0.3 is 9.80 Å². The molecule has 0 spiro atoms. The molecule has 0 aromatic carbocycles. The van der Waals surface area contributed by atoms with Crippen molar-refractivity contribution in [2.45, 2.75) is 79.1 Å². The minimum Gasteiger partial charge on any atom is -0.309 e. The lowest BCUT2D eigenvalue weighted by atomic mass is 9.99. The van der Waals surface area contributed by atoms with Crippen molar-refractivity contribution in [3.8, 4) is 0 Å². The summed E-state index contributed by atoms with van der Waals surface area (Å²) in [6, 6.07) is 0. The SMILES string of the molecule is CCCCC(CC)CN(C)C.CCCCC(CC)CN(C)C.O=S(=O)(O)O. The molecule has 27 heavy (non-hydrogen) atoms. The summed E-state index contributed by atoms with van der Waals surface area (Å²) in [7, 11) is 3.98. The van der Waals surface area contributed by atoms with Gasteiger partial charge in [-0.15, -0.1) is 0 Å². The molecule has 0 bridgehead atoms. The molecule has 2 N–H and O–H groups in total. The molecule has 7 heteroatoms. The predicted molar refractivity (Wildman–Crippen MR) is 118 cm³/mol. The molecule has 0 amide bonds. The van der Waals surface area contributed by atoms with Crippen LogP contribution < -0.4 is 0 Å². The molecule has 0 aliphatic heterocycles. The van der Waals surface area contributed by atoms with Gasteiger partial charge in [-0.25, -0.2) is 0 Å². The highest BCUT2D eigenvalue weighted by atomic mass is 32.3. The molecule has 0 fully saturated rings. The van der Waals surface area contributed by atoms with Gasteiger partial charge in [-0.05, 0) is 52.9 Å². The topological polar surface area (TPSA) is 81.1 Å². The zero-order valence-corrected chi connectivity index (χ0v) is 20.1. The van der Waals surface area contributed by atoms with Crippen LogP contribution in [0.3, 0.4) is 0 Å². The molecule has 168 valence electrons.